The summed E-state index contributed by atoms with van der Waals surface area (Å²) in [6, 6.07) is 0.309. The summed E-state index contributed by atoms with van der Waals surface area (Å²) >= 11 is 0. The molecule has 3 N–H and O–H groups in total. The van der Waals surface area contributed by atoms with Gasteiger partial charge in [0, 0.05) is 6.04 Å². The molecule has 4 heteroatoms. The third-order valence-electron chi connectivity index (χ3n) is 3.41. The predicted molar refractivity (Wildman–Crippen MR) is 69.8 cm³/mol. The molecule has 0 spiro atoms. The molecule has 0 aliphatic heterocycles. The number of carbonyl (C=O) groups excluding carboxylic acids is 1. The van der Waals surface area contributed by atoms with Crippen molar-refractivity contribution < 1.29 is 4.79 Å². The number of rotatable bonds is 5. The SMILES string of the molecule is CCCC(CC)NC(=O)C1(N)CCCC1.Cl. The number of hydrogen-bond donors (Lipinski definition) is 2. The lowest BCUT2D eigenvalue weighted by Gasteiger charge is -2.26. The molecule has 1 fully saturated rings. The largest absolute Gasteiger partial charge is 0.352 e. The van der Waals surface area contributed by atoms with Gasteiger partial charge in [-0.1, -0.05) is 33.1 Å². The van der Waals surface area contributed by atoms with Crippen molar-refractivity contribution in [3.8, 4) is 0 Å². The van der Waals surface area contributed by atoms with E-state index in [4.69, 9.17) is 5.73 Å². The smallest absolute Gasteiger partial charge is 0.240 e. The lowest BCUT2D eigenvalue weighted by Crippen LogP contribution is -2.54. The zero-order chi connectivity index (χ0) is 11.3. The Morgan fingerprint density at radius 1 is 1.38 bits per heavy atom. The molecular formula is C12H25ClN2O. The van der Waals surface area contributed by atoms with Crippen molar-refractivity contribution in [1.29, 1.82) is 0 Å². The van der Waals surface area contributed by atoms with Gasteiger partial charge in [-0.15, -0.1) is 12.4 Å². The van der Waals surface area contributed by atoms with Crippen molar-refractivity contribution in [2.24, 2.45) is 5.73 Å². The van der Waals surface area contributed by atoms with Crippen LogP contribution in [0, 0.1) is 0 Å². The Morgan fingerprint density at radius 2 is 1.94 bits per heavy atom. The van der Waals surface area contributed by atoms with Crippen LogP contribution in [0.3, 0.4) is 0 Å². The maximum atomic E-state index is 12.0. The van der Waals surface area contributed by atoms with Crippen LogP contribution in [-0.4, -0.2) is 17.5 Å². The average Bonchev–Trinajstić information content (AvgIpc) is 2.65. The number of halogens is 1. The highest BCUT2D eigenvalue weighted by Gasteiger charge is 2.37. The van der Waals surface area contributed by atoms with Crippen LogP contribution in [0.15, 0.2) is 0 Å². The second-order valence-corrected chi connectivity index (χ2v) is 4.73. The van der Waals surface area contributed by atoms with Gasteiger partial charge in [-0.05, 0) is 25.7 Å². The standard InChI is InChI=1S/C12H24N2O.ClH/c1-3-7-10(4-2)14-11(15)12(13)8-5-6-9-12;/h10H,3-9,13H2,1-2H3,(H,14,15);1H. The van der Waals surface area contributed by atoms with Crippen molar-refractivity contribution in [2.75, 3.05) is 0 Å². The van der Waals surface area contributed by atoms with E-state index in [1.54, 1.807) is 0 Å². The van der Waals surface area contributed by atoms with Crippen LogP contribution < -0.4 is 11.1 Å². The Labute approximate surface area is 105 Å². The van der Waals surface area contributed by atoms with E-state index < -0.39 is 5.54 Å². The van der Waals surface area contributed by atoms with Gasteiger partial charge in [0.15, 0.2) is 0 Å². The minimum Gasteiger partial charge on any atom is -0.352 e. The molecule has 1 rings (SSSR count). The first-order valence-corrected chi connectivity index (χ1v) is 6.22. The minimum atomic E-state index is -0.568. The highest BCUT2D eigenvalue weighted by molar-refractivity contribution is 5.86. The van der Waals surface area contributed by atoms with E-state index in [-0.39, 0.29) is 18.3 Å². The van der Waals surface area contributed by atoms with Gasteiger partial charge in [0.05, 0.1) is 5.54 Å². The maximum Gasteiger partial charge on any atom is 0.240 e. The number of nitrogens with two attached hydrogens (primary N) is 1. The Hall–Kier alpha value is -0.280. The third kappa shape index (κ3) is 3.95. The second-order valence-electron chi connectivity index (χ2n) is 4.73. The molecule has 1 amide bonds. The molecule has 1 aliphatic rings. The Kier molecular flexibility index (Phi) is 7.00. The van der Waals surface area contributed by atoms with Crippen molar-refractivity contribution >= 4 is 18.3 Å². The average molecular weight is 249 g/mol. The number of hydrogen-bond acceptors (Lipinski definition) is 2. The third-order valence-corrected chi connectivity index (χ3v) is 3.41. The Bertz CT molecular complexity index is 215. The van der Waals surface area contributed by atoms with Gasteiger partial charge < -0.3 is 11.1 Å². The topological polar surface area (TPSA) is 55.1 Å². The molecule has 1 saturated carbocycles. The molecule has 16 heavy (non-hydrogen) atoms. The van der Waals surface area contributed by atoms with Crippen molar-refractivity contribution in [3.05, 3.63) is 0 Å². The fourth-order valence-corrected chi connectivity index (χ4v) is 2.29. The molecule has 1 aliphatic carbocycles. The fourth-order valence-electron chi connectivity index (χ4n) is 2.29. The first-order valence-electron chi connectivity index (χ1n) is 6.22. The van der Waals surface area contributed by atoms with E-state index in [9.17, 15) is 4.79 Å². The normalized spacial score (nSPS) is 19.9. The van der Waals surface area contributed by atoms with Gasteiger partial charge in [-0.25, -0.2) is 0 Å². The predicted octanol–water partition coefficient (Wildman–Crippen LogP) is 2.37. The summed E-state index contributed by atoms with van der Waals surface area (Å²) in [6.45, 7) is 4.25. The second kappa shape index (κ2) is 7.13. The minimum absolute atomic E-state index is 0. The fraction of sp³-hybridized carbons (Fsp3) is 0.917. The molecule has 3 nitrogen and oxygen atoms in total. The molecule has 0 aromatic carbocycles. The zero-order valence-corrected chi connectivity index (χ0v) is 11.2. The molecule has 1 atom stereocenters. The van der Waals surface area contributed by atoms with Gasteiger partial charge in [0.25, 0.3) is 0 Å². The number of amides is 1. The van der Waals surface area contributed by atoms with E-state index >= 15 is 0 Å². The van der Waals surface area contributed by atoms with Crippen LogP contribution in [0.25, 0.3) is 0 Å². The summed E-state index contributed by atoms with van der Waals surface area (Å²) in [6.07, 6.45) is 7.04. The molecule has 0 bridgehead atoms. The Balaban J connectivity index is 0.00000225. The molecular weight excluding hydrogens is 224 g/mol. The zero-order valence-electron chi connectivity index (χ0n) is 10.4. The molecule has 96 valence electrons. The molecule has 0 saturated heterocycles. The van der Waals surface area contributed by atoms with Crippen molar-refractivity contribution in [3.63, 3.8) is 0 Å². The molecule has 0 aromatic rings. The lowest BCUT2D eigenvalue weighted by molar-refractivity contribution is -0.127. The summed E-state index contributed by atoms with van der Waals surface area (Å²) in [5, 5.41) is 3.09. The van der Waals surface area contributed by atoms with E-state index in [1.807, 2.05) is 0 Å². The first kappa shape index (κ1) is 15.7. The highest BCUT2D eigenvalue weighted by Crippen LogP contribution is 2.27. The van der Waals surface area contributed by atoms with E-state index in [2.05, 4.69) is 19.2 Å². The summed E-state index contributed by atoms with van der Waals surface area (Å²) in [4.78, 5) is 12.0. The van der Waals surface area contributed by atoms with Crippen molar-refractivity contribution in [2.45, 2.75) is 70.4 Å². The molecule has 0 radical (unpaired) electrons. The van der Waals surface area contributed by atoms with E-state index in [1.165, 1.54) is 0 Å². The number of carbonyl (C=O) groups is 1. The quantitative estimate of drug-likeness (QED) is 0.785. The summed E-state index contributed by atoms with van der Waals surface area (Å²) in [5.74, 6) is 0.0697. The van der Waals surface area contributed by atoms with Crippen LogP contribution in [0.5, 0.6) is 0 Å². The van der Waals surface area contributed by atoms with Gasteiger partial charge in [-0.2, -0.15) is 0 Å². The monoisotopic (exact) mass is 248 g/mol. The number of nitrogens with one attached hydrogen (secondary N) is 1. The summed E-state index contributed by atoms with van der Waals surface area (Å²) in [7, 11) is 0. The van der Waals surface area contributed by atoms with E-state index in [0.717, 1.165) is 44.9 Å². The molecule has 0 aromatic heterocycles. The summed E-state index contributed by atoms with van der Waals surface area (Å²) in [5.41, 5.74) is 5.52. The van der Waals surface area contributed by atoms with Gasteiger partial charge >= 0.3 is 0 Å². The van der Waals surface area contributed by atoms with Gasteiger partial charge in [0.2, 0.25) is 5.91 Å². The van der Waals surface area contributed by atoms with Crippen LogP contribution in [0.2, 0.25) is 0 Å². The highest BCUT2D eigenvalue weighted by atomic mass is 35.5. The molecule has 1 unspecified atom stereocenters. The lowest BCUT2D eigenvalue weighted by atomic mass is 9.97. The van der Waals surface area contributed by atoms with E-state index in [0.29, 0.717) is 6.04 Å². The maximum absolute atomic E-state index is 12.0. The molecule has 0 heterocycles. The van der Waals surface area contributed by atoms with Crippen LogP contribution in [-0.2, 0) is 4.79 Å². The van der Waals surface area contributed by atoms with Crippen molar-refractivity contribution in [1.82, 2.24) is 5.32 Å². The van der Waals surface area contributed by atoms with Gasteiger partial charge in [-0.3, -0.25) is 4.79 Å². The van der Waals surface area contributed by atoms with Gasteiger partial charge in [0.1, 0.15) is 0 Å². The Morgan fingerprint density at radius 3 is 2.38 bits per heavy atom. The van der Waals surface area contributed by atoms with Crippen LogP contribution >= 0.6 is 12.4 Å². The summed E-state index contributed by atoms with van der Waals surface area (Å²) < 4.78 is 0. The first-order chi connectivity index (χ1) is 7.12. The van der Waals surface area contributed by atoms with Crippen LogP contribution in [0.4, 0.5) is 0 Å². The van der Waals surface area contributed by atoms with Crippen LogP contribution in [0.1, 0.15) is 58.8 Å².